The molecule has 0 aliphatic heterocycles. The number of non-ortho nitro benzene ring substituents is 1. The Hall–Kier alpha value is -2.10. The summed E-state index contributed by atoms with van der Waals surface area (Å²) in [5.74, 6) is 0. The molecule has 0 aliphatic rings. The molecule has 1 aromatic carbocycles. The number of nitro groups is 1. The van der Waals surface area contributed by atoms with Gasteiger partial charge in [0.1, 0.15) is 0 Å². The van der Waals surface area contributed by atoms with Crippen LogP contribution < -0.4 is 0 Å². The third-order valence-electron chi connectivity index (χ3n) is 1.86. The van der Waals surface area contributed by atoms with Crippen molar-refractivity contribution in [2.45, 2.75) is 0 Å². The molecule has 4 nitrogen and oxygen atoms in total. The maximum absolute atomic E-state index is 10.5. The summed E-state index contributed by atoms with van der Waals surface area (Å²) in [6, 6.07) is 8.01. The molecule has 14 heavy (non-hydrogen) atoms. The van der Waals surface area contributed by atoms with E-state index in [2.05, 4.69) is 6.26 Å². The van der Waals surface area contributed by atoms with Crippen LogP contribution in [0.2, 0.25) is 0 Å². The number of rotatable bonds is 2. The third-order valence-corrected chi connectivity index (χ3v) is 1.86. The minimum absolute atomic E-state index is 0.0729. The molecule has 0 fully saturated rings. The van der Waals surface area contributed by atoms with Gasteiger partial charge in [-0.1, -0.05) is 12.1 Å². The van der Waals surface area contributed by atoms with Crippen LogP contribution in [-0.4, -0.2) is 4.92 Å². The Morgan fingerprint density at radius 3 is 2.86 bits per heavy atom. The lowest BCUT2D eigenvalue weighted by molar-refractivity contribution is -0.384. The van der Waals surface area contributed by atoms with Crippen molar-refractivity contribution in [3.8, 4) is 11.1 Å². The highest BCUT2D eigenvalue weighted by atomic mass is 16.6. The lowest BCUT2D eigenvalue weighted by Crippen LogP contribution is -1.87. The summed E-state index contributed by atoms with van der Waals surface area (Å²) in [4.78, 5) is 10.1. The van der Waals surface area contributed by atoms with Crippen molar-refractivity contribution in [3.63, 3.8) is 0 Å². The van der Waals surface area contributed by atoms with Gasteiger partial charge in [-0.2, -0.15) is 0 Å². The second-order valence-corrected chi connectivity index (χ2v) is 2.76. The van der Waals surface area contributed by atoms with Gasteiger partial charge in [-0.05, 0) is 11.6 Å². The lowest BCUT2D eigenvalue weighted by atomic mass is 10.1. The Morgan fingerprint density at radius 1 is 1.36 bits per heavy atom. The number of benzene rings is 1. The van der Waals surface area contributed by atoms with E-state index in [0.717, 1.165) is 11.1 Å². The molecule has 0 saturated carbocycles. The van der Waals surface area contributed by atoms with Gasteiger partial charge in [0.05, 0.1) is 11.2 Å². The van der Waals surface area contributed by atoms with Gasteiger partial charge >= 0.3 is 0 Å². The monoisotopic (exact) mass is 188 g/mol. The first-order chi connectivity index (χ1) is 6.77. The van der Waals surface area contributed by atoms with E-state index in [-0.39, 0.29) is 5.69 Å². The molecular formula is C10H6NO3. The number of hydrogen-bond acceptors (Lipinski definition) is 3. The largest absolute Gasteiger partial charge is 0.460 e. The molecule has 0 amide bonds. The molecule has 1 aromatic heterocycles. The van der Waals surface area contributed by atoms with Crippen LogP contribution in [0.1, 0.15) is 0 Å². The molecular weight excluding hydrogens is 182 g/mol. The molecule has 2 rings (SSSR count). The highest BCUT2D eigenvalue weighted by Crippen LogP contribution is 2.23. The van der Waals surface area contributed by atoms with Crippen molar-refractivity contribution >= 4 is 5.69 Å². The second kappa shape index (κ2) is 3.33. The van der Waals surface area contributed by atoms with Crippen LogP contribution in [0.15, 0.2) is 41.0 Å². The van der Waals surface area contributed by atoms with E-state index >= 15 is 0 Å². The molecule has 0 unspecified atom stereocenters. The Labute approximate surface area is 79.9 Å². The summed E-state index contributed by atoms with van der Waals surface area (Å²) in [7, 11) is 0. The lowest BCUT2D eigenvalue weighted by Gasteiger charge is -1.95. The molecule has 0 bridgehead atoms. The molecule has 0 saturated heterocycles. The zero-order chi connectivity index (χ0) is 9.97. The molecule has 0 N–H and O–H groups in total. The predicted molar refractivity (Wildman–Crippen MR) is 49.6 cm³/mol. The summed E-state index contributed by atoms with van der Waals surface area (Å²) < 4.78 is 4.77. The first-order valence-corrected chi connectivity index (χ1v) is 3.97. The third kappa shape index (κ3) is 1.50. The maximum Gasteiger partial charge on any atom is 0.270 e. The van der Waals surface area contributed by atoms with E-state index in [1.165, 1.54) is 18.4 Å². The summed E-state index contributed by atoms with van der Waals surface area (Å²) in [5.41, 5.74) is 1.61. The summed E-state index contributed by atoms with van der Waals surface area (Å²) in [5, 5.41) is 10.5. The van der Waals surface area contributed by atoms with Crippen molar-refractivity contribution < 1.29 is 9.34 Å². The minimum atomic E-state index is -0.423. The Kier molecular flexibility index (Phi) is 2.02. The van der Waals surface area contributed by atoms with Gasteiger partial charge in [0.2, 0.25) is 0 Å². The van der Waals surface area contributed by atoms with Crippen molar-refractivity contribution in [2.24, 2.45) is 0 Å². The Bertz CT molecular complexity index is 448. The first kappa shape index (κ1) is 8.50. The second-order valence-electron chi connectivity index (χ2n) is 2.76. The Morgan fingerprint density at radius 2 is 2.21 bits per heavy atom. The summed E-state index contributed by atoms with van der Waals surface area (Å²) in [6.07, 6.45) is 4.03. The number of hydrogen-bond donors (Lipinski definition) is 0. The molecule has 1 radical (unpaired) electrons. The van der Waals surface area contributed by atoms with E-state index < -0.39 is 4.92 Å². The van der Waals surface area contributed by atoms with Gasteiger partial charge in [0, 0.05) is 17.7 Å². The molecule has 69 valence electrons. The quantitative estimate of drug-likeness (QED) is 0.537. The predicted octanol–water partition coefficient (Wildman–Crippen LogP) is 2.65. The topological polar surface area (TPSA) is 56.3 Å². The summed E-state index contributed by atoms with van der Waals surface area (Å²) in [6.45, 7) is 0. The molecule has 2 aromatic rings. The van der Waals surface area contributed by atoms with Crippen LogP contribution in [0.4, 0.5) is 5.69 Å². The van der Waals surface area contributed by atoms with Crippen LogP contribution in [0, 0.1) is 16.4 Å². The van der Waals surface area contributed by atoms with Gasteiger partial charge in [-0.25, -0.2) is 0 Å². The fourth-order valence-electron chi connectivity index (χ4n) is 1.18. The maximum atomic E-state index is 10.5. The molecule has 0 aliphatic carbocycles. The van der Waals surface area contributed by atoms with E-state index in [4.69, 9.17) is 4.42 Å². The standard InChI is InChI=1S/C10H6NO3/c12-11(13)10-3-1-2-8(6-10)9-4-5-14-7-9/h1-4,6-7H. The van der Waals surface area contributed by atoms with Gasteiger partial charge in [-0.3, -0.25) is 10.1 Å². The van der Waals surface area contributed by atoms with Gasteiger partial charge in [-0.15, -0.1) is 0 Å². The van der Waals surface area contributed by atoms with Crippen LogP contribution in [-0.2, 0) is 0 Å². The van der Waals surface area contributed by atoms with Crippen LogP contribution in [0.5, 0.6) is 0 Å². The first-order valence-electron chi connectivity index (χ1n) is 3.97. The number of nitrogens with zero attached hydrogens (tertiary/aromatic N) is 1. The van der Waals surface area contributed by atoms with Crippen LogP contribution >= 0.6 is 0 Å². The normalized spacial score (nSPS) is 10.0. The fraction of sp³-hybridized carbons (Fsp3) is 0. The van der Waals surface area contributed by atoms with E-state index in [1.807, 2.05) is 0 Å². The minimum Gasteiger partial charge on any atom is -0.460 e. The van der Waals surface area contributed by atoms with Crippen molar-refractivity contribution in [1.82, 2.24) is 0 Å². The molecule has 4 heteroatoms. The van der Waals surface area contributed by atoms with Crippen molar-refractivity contribution in [3.05, 3.63) is 53.0 Å². The zero-order valence-corrected chi connectivity index (χ0v) is 7.14. The molecule has 1 heterocycles. The SMILES string of the molecule is O=[N+]([O-])c1cccc(-c2c[c]oc2)c1. The number of nitro benzene ring substituents is 1. The Balaban J connectivity index is 2.46. The van der Waals surface area contributed by atoms with Crippen LogP contribution in [0.3, 0.4) is 0 Å². The smallest absolute Gasteiger partial charge is 0.270 e. The van der Waals surface area contributed by atoms with E-state index in [9.17, 15) is 10.1 Å². The highest BCUT2D eigenvalue weighted by Gasteiger charge is 2.07. The fourth-order valence-corrected chi connectivity index (χ4v) is 1.18. The van der Waals surface area contributed by atoms with Crippen molar-refractivity contribution in [1.29, 1.82) is 0 Å². The summed E-state index contributed by atoms with van der Waals surface area (Å²) >= 11 is 0. The molecule has 0 atom stereocenters. The average Bonchev–Trinajstić information content (AvgIpc) is 2.71. The molecule has 0 spiro atoms. The van der Waals surface area contributed by atoms with Crippen molar-refractivity contribution in [2.75, 3.05) is 0 Å². The van der Waals surface area contributed by atoms with Gasteiger partial charge in [0.25, 0.3) is 5.69 Å². The zero-order valence-electron chi connectivity index (χ0n) is 7.14. The highest BCUT2D eigenvalue weighted by molar-refractivity contribution is 5.64. The van der Waals surface area contributed by atoms with E-state index in [0.29, 0.717) is 0 Å². The van der Waals surface area contributed by atoms with E-state index in [1.54, 1.807) is 18.2 Å². The van der Waals surface area contributed by atoms with Gasteiger partial charge in [0.15, 0.2) is 6.26 Å². The van der Waals surface area contributed by atoms with Gasteiger partial charge < -0.3 is 4.42 Å². The average molecular weight is 188 g/mol. The van der Waals surface area contributed by atoms with Crippen LogP contribution in [0.25, 0.3) is 11.1 Å². The number of furan rings is 1.